The van der Waals surface area contributed by atoms with Gasteiger partial charge in [0.05, 0.1) is 0 Å². The molecule has 105 valence electrons. The van der Waals surface area contributed by atoms with Gasteiger partial charge in [0.1, 0.15) is 0 Å². The Labute approximate surface area is 115 Å². The summed E-state index contributed by atoms with van der Waals surface area (Å²) in [5, 5.41) is 3.06. The Hall–Kier alpha value is 0.514. The van der Waals surface area contributed by atoms with Crippen molar-refractivity contribution >= 4 is 0 Å². The fourth-order valence-electron chi connectivity index (χ4n) is 1.54. The molecule has 0 rings (SSSR count). The van der Waals surface area contributed by atoms with E-state index < -0.39 is 18.6 Å². The number of nitrogens with one attached hydrogen (secondary N) is 1. The molecule has 0 bridgehead atoms. The van der Waals surface area contributed by atoms with E-state index in [1.165, 1.54) is 0 Å². The molecule has 0 saturated heterocycles. The SMILES string of the molecule is CNCCN(C)C.C[N](C)[Ti]([N](C)C)[N](C)C. The molecule has 1 N–H and O–H groups in total. The van der Waals surface area contributed by atoms with E-state index in [1.807, 2.05) is 7.05 Å². The predicted molar refractivity (Wildman–Crippen MR) is 73.5 cm³/mol. The molecule has 0 unspecified atom stereocenters. The Balaban J connectivity index is 0. The number of rotatable bonds is 6. The van der Waals surface area contributed by atoms with Crippen LogP contribution >= 0.6 is 0 Å². The predicted octanol–water partition coefficient (Wildman–Crippen LogP) is -0.198. The van der Waals surface area contributed by atoms with Gasteiger partial charge in [-0.1, -0.05) is 0 Å². The van der Waals surface area contributed by atoms with Gasteiger partial charge in [-0.25, -0.2) is 0 Å². The molecule has 0 amide bonds. The molecule has 0 aliphatic rings. The second kappa shape index (κ2) is 11.6. The summed E-state index contributed by atoms with van der Waals surface area (Å²) < 4.78 is 7.00. The maximum atomic E-state index is 3.06. The summed E-state index contributed by atoms with van der Waals surface area (Å²) in [6.45, 7) is 2.20. The summed E-state index contributed by atoms with van der Waals surface area (Å²) in [4.78, 5) is 2.15. The van der Waals surface area contributed by atoms with Gasteiger partial charge in [-0.05, 0) is 21.1 Å². The number of hydrogen-bond acceptors (Lipinski definition) is 5. The summed E-state index contributed by atoms with van der Waals surface area (Å²) >= 11 is -1.22. The van der Waals surface area contributed by atoms with Crippen molar-refractivity contribution in [2.24, 2.45) is 0 Å². The van der Waals surface area contributed by atoms with E-state index in [-0.39, 0.29) is 0 Å². The molecule has 0 aromatic rings. The molecule has 0 heterocycles. The van der Waals surface area contributed by atoms with Crippen LogP contribution in [0.15, 0.2) is 0 Å². The zero-order valence-electron chi connectivity index (χ0n) is 13.2. The van der Waals surface area contributed by atoms with Gasteiger partial charge in [0, 0.05) is 13.1 Å². The van der Waals surface area contributed by atoms with Gasteiger partial charge in [-0.15, -0.1) is 0 Å². The first-order valence-electron chi connectivity index (χ1n) is 5.92. The molecule has 0 fully saturated rings. The molecule has 0 aliphatic heterocycles. The minimum atomic E-state index is -1.22. The van der Waals surface area contributed by atoms with Crippen LogP contribution in [0, 0.1) is 0 Å². The third-order valence-electron chi connectivity index (χ3n) is 2.01. The van der Waals surface area contributed by atoms with Gasteiger partial charge >= 0.3 is 71.1 Å². The van der Waals surface area contributed by atoms with Crippen molar-refractivity contribution in [1.29, 1.82) is 0 Å². The summed E-state index contributed by atoms with van der Waals surface area (Å²) in [5.41, 5.74) is 0. The molecular formula is C11H32N5Ti. The molecule has 6 heteroatoms. The van der Waals surface area contributed by atoms with Crippen molar-refractivity contribution in [2.75, 3.05) is 76.5 Å². The second-order valence-electron chi connectivity index (χ2n) is 4.89. The second-order valence-corrected chi connectivity index (χ2v) is 10.0. The zero-order valence-corrected chi connectivity index (χ0v) is 14.8. The molecular weight excluding hydrogens is 250 g/mol. The van der Waals surface area contributed by atoms with E-state index in [1.54, 1.807) is 0 Å². The quantitative estimate of drug-likeness (QED) is 0.681. The monoisotopic (exact) mass is 282 g/mol. The molecule has 0 aliphatic carbocycles. The Morgan fingerprint density at radius 3 is 1.18 bits per heavy atom. The summed E-state index contributed by atoms with van der Waals surface area (Å²) in [7, 11) is 19.0. The van der Waals surface area contributed by atoms with E-state index in [9.17, 15) is 0 Å². The minimum absolute atomic E-state index is 1.08. The summed E-state index contributed by atoms with van der Waals surface area (Å²) in [6.07, 6.45) is 0. The Morgan fingerprint density at radius 2 is 1.12 bits per heavy atom. The van der Waals surface area contributed by atoms with Crippen LogP contribution in [0.1, 0.15) is 0 Å². The Bertz CT molecular complexity index is 143. The van der Waals surface area contributed by atoms with Crippen molar-refractivity contribution in [1.82, 2.24) is 20.4 Å². The number of nitrogens with zero attached hydrogens (tertiary/aromatic N) is 4. The van der Waals surface area contributed by atoms with Crippen molar-refractivity contribution in [3.05, 3.63) is 0 Å². The fourth-order valence-corrected chi connectivity index (χ4v) is 5.28. The first-order chi connectivity index (χ1) is 7.73. The molecule has 17 heavy (non-hydrogen) atoms. The average Bonchev–Trinajstić information content (AvgIpc) is 2.13. The van der Waals surface area contributed by atoms with E-state index >= 15 is 0 Å². The van der Waals surface area contributed by atoms with E-state index in [0.717, 1.165) is 13.1 Å². The molecule has 0 spiro atoms. The molecule has 0 radical (unpaired) electrons. The molecule has 0 atom stereocenters. The maximum absolute atomic E-state index is 3.06. The molecule has 0 aromatic carbocycles. The summed E-state index contributed by atoms with van der Waals surface area (Å²) in [5.74, 6) is 0. The third kappa shape index (κ3) is 12.8. The van der Waals surface area contributed by atoms with E-state index in [4.69, 9.17) is 0 Å². The molecule has 0 saturated carbocycles. The third-order valence-corrected chi connectivity index (χ3v) is 5.76. The zero-order chi connectivity index (χ0) is 14.0. The Kier molecular flexibility index (Phi) is 13.5. The average molecular weight is 282 g/mol. The van der Waals surface area contributed by atoms with E-state index in [2.05, 4.69) is 76.7 Å². The van der Waals surface area contributed by atoms with Crippen molar-refractivity contribution < 1.29 is 18.6 Å². The summed E-state index contributed by atoms with van der Waals surface area (Å²) in [6, 6.07) is 0. The topological polar surface area (TPSA) is 25.0 Å². The van der Waals surface area contributed by atoms with Gasteiger partial charge in [-0.2, -0.15) is 0 Å². The Morgan fingerprint density at radius 1 is 0.765 bits per heavy atom. The van der Waals surface area contributed by atoms with Crippen LogP contribution < -0.4 is 5.32 Å². The molecule has 5 nitrogen and oxygen atoms in total. The normalized spacial score (nSPS) is 11.1. The van der Waals surface area contributed by atoms with Crippen LogP contribution in [0.4, 0.5) is 0 Å². The van der Waals surface area contributed by atoms with Crippen molar-refractivity contribution in [2.45, 2.75) is 0 Å². The van der Waals surface area contributed by atoms with Gasteiger partial charge in [-0.3, -0.25) is 0 Å². The van der Waals surface area contributed by atoms with Crippen LogP contribution in [0.25, 0.3) is 0 Å². The van der Waals surface area contributed by atoms with Crippen LogP contribution in [0.2, 0.25) is 0 Å². The van der Waals surface area contributed by atoms with Crippen LogP contribution in [-0.4, -0.2) is 91.6 Å². The first-order valence-corrected chi connectivity index (χ1v) is 8.01. The van der Waals surface area contributed by atoms with Gasteiger partial charge in [0.25, 0.3) is 0 Å². The van der Waals surface area contributed by atoms with Crippen LogP contribution in [0.3, 0.4) is 0 Å². The fraction of sp³-hybridized carbons (Fsp3) is 1.00. The first kappa shape index (κ1) is 19.8. The van der Waals surface area contributed by atoms with Gasteiger partial charge < -0.3 is 10.2 Å². The van der Waals surface area contributed by atoms with Crippen LogP contribution in [-0.2, 0) is 18.6 Å². The number of hydrogen-bond donors (Lipinski definition) is 1. The number of likely N-dealkylation sites (N-methyl/N-ethyl adjacent to an activating group) is 2. The van der Waals surface area contributed by atoms with Crippen LogP contribution in [0.5, 0.6) is 0 Å². The van der Waals surface area contributed by atoms with Gasteiger partial charge in [0.2, 0.25) is 0 Å². The van der Waals surface area contributed by atoms with Crippen molar-refractivity contribution in [3.63, 3.8) is 0 Å². The van der Waals surface area contributed by atoms with Gasteiger partial charge in [0.15, 0.2) is 0 Å². The standard InChI is InChI=1S/C5H14N2.3C2H6N.Ti/c1-6-4-5-7(2)3;3*1-3-2;/h6H,4-5H2,1-3H3;3*1-2H3;/q;3*-1;+3. The van der Waals surface area contributed by atoms with Crippen molar-refractivity contribution in [3.8, 4) is 0 Å². The van der Waals surface area contributed by atoms with E-state index in [0.29, 0.717) is 0 Å². The molecule has 0 aromatic heterocycles.